The van der Waals surface area contributed by atoms with Gasteiger partial charge in [0.05, 0.1) is 6.10 Å². The minimum absolute atomic E-state index is 0.00838. The van der Waals surface area contributed by atoms with Crippen molar-refractivity contribution >= 4 is 11.9 Å². The molecule has 1 aliphatic carbocycles. The lowest BCUT2D eigenvalue weighted by Crippen LogP contribution is -2.54. The van der Waals surface area contributed by atoms with Gasteiger partial charge in [-0.15, -0.1) is 0 Å². The van der Waals surface area contributed by atoms with Crippen molar-refractivity contribution < 1.29 is 19.4 Å². The fourth-order valence-corrected chi connectivity index (χ4v) is 2.28. The third-order valence-corrected chi connectivity index (χ3v) is 3.68. The summed E-state index contributed by atoms with van der Waals surface area (Å²) in [6.45, 7) is 5.38. The van der Waals surface area contributed by atoms with Crippen LogP contribution in [0.4, 0.5) is 0 Å². The van der Waals surface area contributed by atoms with Crippen LogP contribution in [0.3, 0.4) is 0 Å². The normalized spacial score (nSPS) is 17.1. The highest BCUT2D eigenvalue weighted by Crippen LogP contribution is 2.39. The number of amides is 1. The summed E-state index contributed by atoms with van der Waals surface area (Å²) in [6, 6.07) is 6.78. The van der Waals surface area contributed by atoms with E-state index in [2.05, 4.69) is 5.32 Å². The lowest BCUT2D eigenvalue weighted by atomic mass is 9.95. The Morgan fingerprint density at radius 1 is 1.38 bits per heavy atom. The number of carboxylic acids is 1. The van der Waals surface area contributed by atoms with Crippen LogP contribution in [0.1, 0.15) is 44.0 Å². The zero-order valence-corrected chi connectivity index (χ0v) is 12.6. The van der Waals surface area contributed by atoms with Crippen LogP contribution in [-0.4, -0.2) is 28.6 Å². The number of carboxylic acid groups (broad SMARTS) is 1. The van der Waals surface area contributed by atoms with Gasteiger partial charge in [-0.05, 0) is 57.7 Å². The lowest BCUT2D eigenvalue weighted by Gasteiger charge is -2.26. The van der Waals surface area contributed by atoms with E-state index >= 15 is 0 Å². The number of hydrogen-bond donors (Lipinski definition) is 2. The summed E-state index contributed by atoms with van der Waals surface area (Å²) < 4.78 is 5.55. The molecule has 1 amide bonds. The third-order valence-electron chi connectivity index (χ3n) is 3.68. The van der Waals surface area contributed by atoms with Gasteiger partial charge >= 0.3 is 5.97 Å². The van der Waals surface area contributed by atoms with Crippen molar-refractivity contribution in [3.8, 4) is 5.75 Å². The van der Waals surface area contributed by atoms with Gasteiger partial charge in [-0.25, -0.2) is 4.79 Å². The summed E-state index contributed by atoms with van der Waals surface area (Å²) in [4.78, 5) is 23.7. The molecule has 21 heavy (non-hydrogen) atoms. The maximum absolute atomic E-state index is 12.3. The molecule has 5 nitrogen and oxygen atoms in total. The molecule has 2 rings (SSSR count). The first-order valence-electron chi connectivity index (χ1n) is 7.15. The maximum atomic E-state index is 12.3. The van der Waals surface area contributed by atoms with Crippen LogP contribution < -0.4 is 10.1 Å². The van der Waals surface area contributed by atoms with Gasteiger partial charge < -0.3 is 15.2 Å². The molecular weight excluding hydrogens is 270 g/mol. The van der Waals surface area contributed by atoms with Crippen molar-refractivity contribution in [2.24, 2.45) is 5.92 Å². The van der Waals surface area contributed by atoms with E-state index in [0.717, 1.165) is 12.8 Å². The summed E-state index contributed by atoms with van der Waals surface area (Å²) >= 11 is 0. The van der Waals surface area contributed by atoms with Crippen LogP contribution in [0.2, 0.25) is 0 Å². The predicted molar refractivity (Wildman–Crippen MR) is 78.4 cm³/mol. The Labute approximate surface area is 124 Å². The molecule has 0 bridgehead atoms. The van der Waals surface area contributed by atoms with Crippen molar-refractivity contribution in [1.82, 2.24) is 5.32 Å². The molecule has 1 fully saturated rings. The molecule has 5 heteroatoms. The van der Waals surface area contributed by atoms with Crippen LogP contribution in [0.25, 0.3) is 0 Å². The molecule has 0 heterocycles. The molecule has 0 spiro atoms. The van der Waals surface area contributed by atoms with Crippen molar-refractivity contribution in [2.75, 3.05) is 0 Å². The van der Waals surface area contributed by atoms with Crippen LogP contribution in [0, 0.1) is 5.92 Å². The highest BCUT2D eigenvalue weighted by atomic mass is 16.5. The summed E-state index contributed by atoms with van der Waals surface area (Å²) in [7, 11) is 0. The van der Waals surface area contributed by atoms with E-state index in [1.807, 2.05) is 13.8 Å². The van der Waals surface area contributed by atoms with Crippen molar-refractivity contribution in [1.29, 1.82) is 0 Å². The second kappa shape index (κ2) is 5.76. The Balaban J connectivity index is 2.14. The molecule has 0 aromatic heterocycles. The van der Waals surface area contributed by atoms with Gasteiger partial charge in [-0.3, -0.25) is 4.79 Å². The van der Waals surface area contributed by atoms with Gasteiger partial charge in [0.1, 0.15) is 11.3 Å². The predicted octanol–water partition coefficient (Wildman–Crippen LogP) is 2.46. The van der Waals surface area contributed by atoms with Crippen LogP contribution >= 0.6 is 0 Å². The standard InChI is InChI=1S/C16H21NO4/c1-10(2)21-13-6-4-5-11(9-13)14(18)17-16(3,15(19)20)12-7-8-12/h4-6,9-10,12H,7-8H2,1-3H3,(H,17,18)(H,19,20). The fourth-order valence-electron chi connectivity index (χ4n) is 2.28. The minimum Gasteiger partial charge on any atom is -0.491 e. The second-order valence-corrected chi connectivity index (χ2v) is 5.93. The number of ether oxygens (including phenoxy) is 1. The highest BCUT2D eigenvalue weighted by Gasteiger charge is 2.48. The number of aliphatic carboxylic acids is 1. The number of rotatable bonds is 6. The van der Waals surface area contributed by atoms with Crippen molar-refractivity contribution in [3.05, 3.63) is 29.8 Å². The van der Waals surface area contributed by atoms with E-state index in [4.69, 9.17) is 4.74 Å². The van der Waals surface area contributed by atoms with Crippen molar-refractivity contribution in [3.63, 3.8) is 0 Å². The number of hydrogen-bond acceptors (Lipinski definition) is 3. The van der Waals surface area contributed by atoms with Crippen LogP contribution in [0.15, 0.2) is 24.3 Å². The Morgan fingerprint density at radius 2 is 2.05 bits per heavy atom. The summed E-state index contributed by atoms with van der Waals surface area (Å²) in [6.07, 6.45) is 1.68. The molecule has 1 aromatic rings. The van der Waals surface area contributed by atoms with Gasteiger partial charge in [-0.2, -0.15) is 0 Å². The van der Waals surface area contributed by atoms with E-state index in [0.29, 0.717) is 11.3 Å². The van der Waals surface area contributed by atoms with Crippen LogP contribution in [-0.2, 0) is 4.79 Å². The molecule has 0 saturated heterocycles. The molecule has 1 unspecified atom stereocenters. The Morgan fingerprint density at radius 3 is 2.57 bits per heavy atom. The highest BCUT2D eigenvalue weighted by molar-refractivity contribution is 5.98. The van der Waals surface area contributed by atoms with Gasteiger partial charge in [-0.1, -0.05) is 6.07 Å². The van der Waals surface area contributed by atoms with Crippen LogP contribution in [0.5, 0.6) is 5.75 Å². The molecule has 114 valence electrons. The van der Waals surface area contributed by atoms with Gasteiger partial charge in [0, 0.05) is 5.56 Å². The molecule has 1 aliphatic rings. The third kappa shape index (κ3) is 3.54. The first-order chi connectivity index (χ1) is 9.83. The zero-order chi connectivity index (χ0) is 15.6. The largest absolute Gasteiger partial charge is 0.491 e. The SMILES string of the molecule is CC(C)Oc1cccc(C(=O)NC(C)(C(=O)O)C2CC2)c1. The average molecular weight is 291 g/mol. The Kier molecular flexibility index (Phi) is 4.21. The van der Waals surface area contributed by atoms with Gasteiger partial charge in [0.2, 0.25) is 0 Å². The number of nitrogens with one attached hydrogen (secondary N) is 1. The Bertz CT molecular complexity index is 551. The minimum atomic E-state index is -1.20. The van der Waals surface area contributed by atoms with E-state index in [9.17, 15) is 14.7 Å². The molecule has 1 aromatic carbocycles. The topological polar surface area (TPSA) is 75.6 Å². The van der Waals surface area contributed by atoms with Gasteiger partial charge in [0.25, 0.3) is 5.91 Å². The fraction of sp³-hybridized carbons (Fsp3) is 0.500. The monoisotopic (exact) mass is 291 g/mol. The summed E-state index contributed by atoms with van der Waals surface area (Å²) in [5, 5.41) is 12.0. The summed E-state index contributed by atoms with van der Waals surface area (Å²) in [5.41, 5.74) is -0.798. The Hall–Kier alpha value is -2.04. The van der Waals surface area contributed by atoms with Crippen molar-refractivity contribution in [2.45, 2.75) is 45.3 Å². The first-order valence-corrected chi connectivity index (χ1v) is 7.15. The molecular formula is C16H21NO4. The molecule has 2 N–H and O–H groups in total. The quantitative estimate of drug-likeness (QED) is 0.844. The van der Waals surface area contributed by atoms with E-state index in [1.165, 1.54) is 0 Å². The van der Waals surface area contributed by atoms with Gasteiger partial charge in [0.15, 0.2) is 0 Å². The summed E-state index contributed by atoms with van der Waals surface area (Å²) in [5.74, 6) is -0.774. The lowest BCUT2D eigenvalue weighted by molar-refractivity contribution is -0.144. The van der Waals surface area contributed by atoms with E-state index < -0.39 is 11.5 Å². The second-order valence-electron chi connectivity index (χ2n) is 5.93. The number of carbonyl (C=O) groups excluding carboxylic acids is 1. The van der Waals surface area contributed by atoms with E-state index in [1.54, 1.807) is 31.2 Å². The zero-order valence-electron chi connectivity index (χ0n) is 12.6. The number of benzene rings is 1. The molecule has 0 aliphatic heterocycles. The maximum Gasteiger partial charge on any atom is 0.329 e. The smallest absolute Gasteiger partial charge is 0.329 e. The molecule has 1 saturated carbocycles. The number of carbonyl (C=O) groups is 2. The average Bonchev–Trinajstić information content (AvgIpc) is 3.22. The molecule has 0 radical (unpaired) electrons. The first kappa shape index (κ1) is 15.4. The molecule has 1 atom stereocenters. The van der Waals surface area contributed by atoms with E-state index in [-0.39, 0.29) is 17.9 Å².